The van der Waals surface area contributed by atoms with E-state index >= 15 is 0 Å². The second kappa shape index (κ2) is 6.36. The molecular weight excluding hydrogens is 294 g/mol. The Kier molecular flexibility index (Phi) is 4.54. The van der Waals surface area contributed by atoms with E-state index in [0.717, 1.165) is 11.3 Å². The van der Waals surface area contributed by atoms with Crippen molar-refractivity contribution in [3.63, 3.8) is 0 Å². The molecule has 0 aliphatic rings. The molecule has 2 rings (SSSR count). The monoisotopic (exact) mass is 307 g/mol. The number of carbonyl (C=O) groups excluding carboxylic acids is 1. The molecule has 7 heteroatoms. The van der Waals surface area contributed by atoms with E-state index in [1.807, 2.05) is 6.92 Å². The van der Waals surface area contributed by atoms with E-state index in [1.165, 1.54) is 13.0 Å². The Bertz CT molecular complexity index is 680. The number of nitrogens with zero attached hydrogens (tertiary/aromatic N) is 1. The summed E-state index contributed by atoms with van der Waals surface area (Å²) < 4.78 is 11.0. The lowest BCUT2D eigenvalue weighted by Gasteiger charge is -2.09. The normalized spacial score (nSPS) is 10.2. The fraction of sp³-hybridized carbons (Fsp3) is 0.214. The first kappa shape index (κ1) is 15.0. The van der Waals surface area contributed by atoms with Crippen molar-refractivity contribution in [1.82, 2.24) is 0 Å². The number of nitro groups is 1. The highest BCUT2D eigenvalue weighted by molar-refractivity contribution is 7.16. The number of ether oxygens (including phenoxy) is 2. The van der Waals surface area contributed by atoms with Crippen LogP contribution in [-0.2, 0) is 0 Å². The van der Waals surface area contributed by atoms with Crippen LogP contribution < -0.4 is 9.47 Å². The lowest BCUT2D eigenvalue weighted by atomic mass is 10.3. The third-order valence-electron chi connectivity index (χ3n) is 2.57. The smallest absolute Gasteiger partial charge is 0.323 e. The van der Waals surface area contributed by atoms with Crippen molar-refractivity contribution in [2.24, 2.45) is 0 Å². The minimum absolute atomic E-state index is 0.0670. The van der Waals surface area contributed by atoms with Gasteiger partial charge in [0.1, 0.15) is 0 Å². The van der Waals surface area contributed by atoms with Gasteiger partial charge in [-0.25, -0.2) is 0 Å². The SMILES string of the molecule is CCOc1ccccc1Oc1sc(C(C)=O)cc1[N+](=O)[O-]. The van der Waals surface area contributed by atoms with E-state index in [-0.39, 0.29) is 21.4 Å². The third kappa shape index (κ3) is 3.38. The van der Waals surface area contributed by atoms with Gasteiger partial charge in [-0.15, -0.1) is 0 Å². The zero-order valence-corrected chi connectivity index (χ0v) is 12.3. The maximum Gasteiger partial charge on any atom is 0.323 e. The molecule has 21 heavy (non-hydrogen) atoms. The van der Waals surface area contributed by atoms with Crippen LogP contribution in [0.1, 0.15) is 23.5 Å². The van der Waals surface area contributed by atoms with Gasteiger partial charge in [0.2, 0.25) is 0 Å². The van der Waals surface area contributed by atoms with Gasteiger partial charge >= 0.3 is 5.69 Å². The number of thiophene rings is 1. The Balaban J connectivity index is 2.39. The van der Waals surface area contributed by atoms with Crippen molar-refractivity contribution in [2.45, 2.75) is 13.8 Å². The fourth-order valence-electron chi connectivity index (χ4n) is 1.65. The first-order chi connectivity index (χ1) is 10.0. The molecule has 1 aromatic heterocycles. The zero-order valence-electron chi connectivity index (χ0n) is 11.5. The van der Waals surface area contributed by atoms with Crippen LogP contribution in [-0.4, -0.2) is 17.3 Å². The van der Waals surface area contributed by atoms with Gasteiger partial charge in [0, 0.05) is 6.07 Å². The van der Waals surface area contributed by atoms with Gasteiger partial charge < -0.3 is 9.47 Å². The van der Waals surface area contributed by atoms with Crippen LogP contribution in [0.2, 0.25) is 0 Å². The summed E-state index contributed by atoms with van der Waals surface area (Å²) in [6, 6.07) is 8.11. The van der Waals surface area contributed by atoms with Crippen molar-refractivity contribution in [1.29, 1.82) is 0 Å². The maximum atomic E-state index is 11.4. The molecule has 0 aliphatic carbocycles. The number of hydrogen-bond acceptors (Lipinski definition) is 6. The van der Waals surface area contributed by atoms with Crippen molar-refractivity contribution >= 4 is 22.8 Å². The van der Waals surface area contributed by atoms with Crippen LogP contribution in [0.15, 0.2) is 30.3 Å². The number of rotatable bonds is 6. The molecule has 6 nitrogen and oxygen atoms in total. The summed E-state index contributed by atoms with van der Waals surface area (Å²) in [5.41, 5.74) is -0.225. The van der Waals surface area contributed by atoms with Gasteiger partial charge in [-0.2, -0.15) is 0 Å². The molecule has 0 N–H and O–H groups in total. The van der Waals surface area contributed by atoms with Gasteiger partial charge in [-0.05, 0) is 26.0 Å². The molecule has 0 radical (unpaired) electrons. The minimum atomic E-state index is -0.568. The van der Waals surface area contributed by atoms with Crippen LogP contribution in [0.5, 0.6) is 16.6 Å². The van der Waals surface area contributed by atoms with Gasteiger partial charge in [0.25, 0.3) is 5.06 Å². The molecule has 0 spiro atoms. The molecule has 2 aromatic rings. The summed E-state index contributed by atoms with van der Waals surface area (Å²) >= 11 is 0.949. The summed E-state index contributed by atoms with van der Waals surface area (Å²) in [5.74, 6) is 0.627. The van der Waals surface area contributed by atoms with Crippen molar-refractivity contribution in [2.75, 3.05) is 6.61 Å². The summed E-state index contributed by atoms with van der Waals surface area (Å²) in [6.07, 6.45) is 0. The molecule has 0 bridgehead atoms. The van der Waals surface area contributed by atoms with Crippen LogP contribution in [0, 0.1) is 10.1 Å². The molecule has 0 aliphatic heterocycles. The molecule has 1 heterocycles. The lowest BCUT2D eigenvalue weighted by Crippen LogP contribution is -1.95. The summed E-state index contributed by atoms with van der Waals surface area (Å²) in [4.78, 5) is 22.1. The van der Waals surface area contributed by atoms with Crippen LogP contribution in [0.25, 0.3) is 0 Å². The van der Waals surface area contributed by atoms with E-state index in [0.29, 0.717) is 18.1 Å². The maximum absolute atomic E-state index is 11.4. The highest BCUT2D eigenvalue weighted by Crippen LogP contribution is 2.42. The largest absolute Gasteiger partial charge is 0.490 e. The molecular formula is C14H13NO5S. The van der Waals surface area contributed by atoms with Crippen LogP contribution in [0.4, 0.5) is 5.69 Å². The summed E-state index contributed by atoms with van der Waals surface area (Å²) in [6.45, 7) is 3.64. The molecule has 1 aromatic carbocycles. The second-order valence-electron chi connectivity index (χ2n) is 4.08. The lowest BCUT2D eigenvalue weighted by molar-refractivity contribution is -0.385. The molecule has 0 atom stereocenters. The summed E-state index contributed by atoms with van der Waals surface area (Å²) in [7, 11) is 0. The Labute approximate surface area is 125 Å². The molecule has 0 saturated heterocycles. The van der Waals surface area contributed by atoms with Gasteiger partial charge in [0.05, 0.1) is 16.4 Å². The molecule has 0 amide bonds. The number of benzene rings is 1. The van der Waals surface area contributed by atoms with E-state index in [1.54, 1.807) is 24.3 Å². The van der Waals surface area contributed by atoms with Crippen molar-refractivity contribution in [3.8, 4) is 16.6 Å². The quantitative estimate of drug-likeness (QED) is 0.457. The molecule has 110 valence electrons. The molecule has 0 unspecified atom stereocenters. The zero-order chi connectivity index (χ0) is 15.4. The van der Waals surface area contributed by atoms with E-state index in [4.69, 9.17) is 9.47 Å². The van der Waals surface area contributed by atoms with E-state index < -0.39 is 4.92 Å². The van der Waals surface area contributed by atoms with Gasteiger partial charge in [-0.3, -0.25) is 14.9 Å². The number of Topliss-reactive ketones (excluding diaryl/α,β-unsaturated/α-hetero) is 1. The van der Waals surface area contributed by atoms with E-state index in [2.05, 4.69) is 0 Å². The highest BCUT2D eigenvalue weighted by Gasteiger charge is 2.23. The average molecular weight is 307 g/mol. The standard InChI is InChI=1S/C14H13NO5S/c1-3-19-11-6-4-5-7-12(11)20-14-10(15(17)18)8-13(21-14)9(2)16/h4-8H,3H2,1-2H3. The Morgan fingerprint density at radius 1 is 1.33 bits per heavy atom. The number of hydrogen-bond donors (Lipinski definition) is 0. The van der Waals surface area contributed by atoms with Gasteiger partial charge in [-0.1, -0.05) is 23.5 Å². The van der Waals surface area contributed by atoms with Crippen LogP contribution >= 0.6 is 11.3 Å². The highest BCUT2D eigenvalue weighted by atomic mass is 32.1. The average Bonchev–Trinajstić information content (AvgIpc) is 2.85. The third-order valence-corrected chi connectivity index (χ3v) is 3.68. The van der Waals surface area contributed by atoms with Gasteiger partial charge in [0.15, 0.2) is 17.3 Å². The summed E-state index contributed by atoms with van der Waals surface area (Å²) in [5, 5.41) is 11.1. The fourth-order valence-corrected chi connectivity index (χ4v) is 2.53. The molecule has 0 fully saturated rings. The predicted molar refractivity (Wildman–Crippen MR) is 78.7 cm³/mol. The first-order valence-electron chi connectivity index (χ1n) is 6.21. The van der Waals surface area contributed by atoms with Crippen molar-refractivity contribution in [3.05, 3.63) is 45.3 Å². The topological polar surface area (TPSA) is 78.7 Å². The number of para-hydroxylation sites is 2. The first-order valence-corrected chi connectivity index (χ1v) is 7.03. The Morgan fingerprint density at radius 2 is 2.00 bits per heavy atom. The molecule has 0 saturated carbocycles. The van der Waals surface area contributed by atoms with Crippen molar-refractivity contribution < 1.29 is 19.2 Å². The van der Waals surface area contributed by atoms with E-state index in [9.17, 15) is 14.9 Å². The minimum Gasteiger partial charge on any atom is -0.490 e. The predicted octanol–water partition coefficient (Wildman–Crippen LogP) is 4.05. The second-order valence-corrected chi connectivity index (χ2v) is 5.09. The Hall–Kier alpha value is -2.41. The number of carbonyl (C=O) groups is 1. The Morgan fingerprint density at radius 3 is 2.57 bits per heavy atom. The number of ketones is 1. The van der Waals surface area contributed by atoms with Crippen LogP contribution in [0.3, 0.4) is 0 Å².